The maximum absolute atomic E-state index is 12.7. The van der Waals surface area contributed by atoms with E-state index in [0.717, 1.165) is 19.1 Å². The Hall–Kier alpha value is -1.11. The number of hydrogen-bond donors (Lipinski definition) is 0. The van der Waals surface area contributed by atoms with Crippen molar-refractivity contribution in [2.45, 2.75) is 20.0 Å². The van der Waals surface area contributed by atoms with Crippen molar-refractivity contribution in [1.29, 1.82) is 0 Å². The summed E-state index contributed by atoms with van der Waals surface area (Å²) in [6.45, 7) is -2.01. The lowest BCUT2D eigenvalue weighted by Crippen LogP contribution is -2.07. The molecule has 0 aliphatic carbocycles. The number of ketones is 1. The largest absolute Gasteiger partial charge is 0.434 e. The molecule has 7 heteroatoms. The normalized spacial score (nSPS) is 11.1. The maximum atomic E-state index is 12.7. The van der Waals surface area contributed by atoms with E-state index in [2.05, 4.69) is 20.7 Å². The monoisotopic (exact) mass is 314 g/mol. The van der Waals surface area contributed by atoms with Gasteiger partial charge in [0.25, 0.3) is 6.43 Å². The number of alkyl halides is 4. The van der Waals surface area contributed by atoms with Crippen LogP contribution < -0.4 is 4.74 Å². The predicted octanol–water partition coefficient (Wildman–Crippen LogP) is 4.19. The molecule has 0 radical (unpaired) electrons. The highest BCUT2D eigenvalue weighted by Gasteiger charge is 2.23. The quantitative estimate of drug-likeness (QED) is 0.615. The lowest BCUT2D eigenvalue weighted by molar-refractivity contribution is -0.0505. The van der Waals surface area contributed by atoms with Crippen LogP contribution in [0.3, 0.4) is 0 Å². The van der Waals surface area contributed by atoms with E-state index in [1.54, 1.807) is 0 Å². The number of ether oxygens (including phenoxy) is 1. The molecule has 0 aliphatic rings. The van der Waals surface area contributed by atoms with Gasteiger partial charge in [0.1, 0.15) is 5.75 Å². The molecule has 1 aromatic carbocycles. The SMILES string of the molecule is CC(=O)c1ccc(OC(F)F)c(Br)c1C(F)F. The Morgan fingerprint density at radius 3 is 2.29 bits per heavy atom. The number of benzene rings is 1. The number of Topliss-reactive ketones (excluding diaryl/α,β-unsaturated/α-hetero) is 1. The first kappa shape index (κ1) is 14.0. The van der Waals surface area contributed by atoms with Gasteiger partial charge in [-0.1, -0.05) is 0 Å². The number of halogens is 5. The van der Waals surface area contributed by atoms with Crippen LogP contribution >= 0.6 is 15.9 Å². The van der Waals surface area contributed by atoms with Crippen LogP contribution in [0.4, 0.5) is 17.6 Å². The predicted molar refractivity (Wildman–Crippen MR) is 55.7 cm³/mol. The third kappa shape index (κ3) is 3.18. The molecule has 2 nitrogen and oxygen atoms in total. The summed E-state index contributed by atoms with van der Waals surface area (Å²) < 4.78 is 53.2. The third-order valence-electron chi connectivity index (χ3n) is 1.96. The Bertz CT molecular complexity index is 435. The van der Waals surface area contributed by atoms with Crippen LogP contribution in [0.5, 0.6) is 5.75 Å². The first-order chi connectivity index (χ1) is 7.84. The van der Waals surface area contributed by atoms with E-state index in [9.17, 15) is 22.4 Å². The summed E-state index contributed by atoms with van der Waals surface area (Å²) in [5, 5.41) is 0. The fourth-order valence-electron chi connectivity index (χ4n) is 1.28. The minimum Gasteiger partial charge on any atom is -0.434 e. The molecule has 1 aromatic rings. The smallest absolute Gasteiger partial charge is 0.387 e. The summed E-state index contributed by atoms with van der Waals surface area (Å²) in [5.41, 5.74) is -0.871. The highest BCUT2D eigenvalue weighted by molar-refractivity contribution is 9.10. The van der Waals surface area contributed by atoms with Crippen molar-refractivity contribution < 1.29 is 27.1 Å². The Morgan fingerprint density at radius 2 is 1.88 bits per heavy atom. The zero-order chi connectivity index (χ0) is 13.2. The van der Waals surface area contributed by atoms with E-state index in [-0.39, 0.29) is 10.0 Å². The van der Waals surface area contributed by atoms with Gasteiger partial charge in [-0.05, 0) is 35.0 Å². The van der Waals surface area contributed by atoms with Crippen molar-refractivity contribution in [3.05, 3.63) is 27.7 Å². The van der Waals surface area contributed by atoms with Gasteiger partial charge in [0, 0.05) is 11.1 Å². The molecule has 0 amide bonds. The van der Waals surface area contributed by atoms with Crippen LogP contribution in [0, 0.1) is 0 Å². The van der Waals surface area contributed by atoms with Gasteiger partial charge in [0.05, 0.1) is 4.47 Å². The molecular formula is C10H7BrF4O2. The summed E-state index contributed by atoms with van der Waals surface area (Å²) in [7, 11) is 0. The van der Waals surface area contributed by atoms with Crippen molar-refractivity contribution in [3.63, 3.8) is 0 Å². The molecule has 0 saturated heterocycles. The summed E-state index contributed by atoms with van der Waals surface area (Å²) in [6.07, 6.45) is -2.97. The number of carbonyl (C=O) groups is 1. The molecule has 0 heterocycles. The third-order valence-corrected chi connectivity index (χ3v) is 2.78. The Kier molecular flexibility index (Phi) is 4.50. The van der Waals surface area contributed by atoms with Gasteiger partial charge in [-0.15, -0.1) is 0 Å². The molecule has 0 bridgehead atoms. The molecular weight excluding hydrogens is 308 g/mol. The highest BCUT2D eigenvalue weighted by Crippen LogP contribution is 2.38. The first-order valence-corrected chi connectivity index (χ1v) is 5.20. The van der Waals surface area contributed by atoms with Gasteiger partial charge in [0.2, 0.25) is 0 Å². The van der Waals surface area contributed by atoms with E-state index >= 15 is 0 Å². The van der Waals surface area contributed by atoms with Gasteiger partial charge >= 0.3 is 6.61 Å². The van der Waals surface area contributed by atoms with Crippen LogP contribution in [0.1, 0.15) is 29.3 Å². The van der Waals surface area contributed by atoms with Gasteiger partial charge in [-0.2, -0.15) is 8.78 Å². The van der Waals surface area contributed by atoms with Crippen molar-refractivity contribution >= 4 is 21.7 Å². The van der Waals surface area contributed by atoms with Crippen LogP contribution in [0.25, 0.3) is 0 Å². The highest BCUT2D eigenvalue weighted by atomic mass is 79.9. The van der Waals surface area contributed by atoms with Crippen LogP contribution in [-0.2, 0) is 0 Å². The van der Waals surface area contributed by atoms with Crippen molar-refractivity contribution in [1.82, 2.24) is 0 Å². The minimum absolute atomic E-state index is 0.228. The topological polar surface area (TPSA) is 26.3 Å². The second-order valence-electron chi connectivity index (χ2n) is 3.07. The maximum Gasteiger partial charge on any atom is 0.387 e. The lowest BCUT2D eigenvalue weighted by atomic mass is 10.0. The summed E-state index contributed by atoms with van der Waals surface area (Å²) in [4.78, 5) is 11.1. The molecule has 17 heavy (non-hydrogen) atoms. The van der Waals surface area contributed by atoms with E-state index in [0.29, 0.717) is 0 Å². The molecule has 0 aromatic heterocycles. The lowest BCUT2D eigenvalue weighted by Gasteiger charge is -2.13. The Balaban J connectivity index is 3.33. The molecule has 0 spiro atoms. The average Bonchev–Trinajstić information content (AvgIpc) is 2.19. The second kappa shape index (κ2) is 5.48. The molecule has 94 valence electrons. The van der Waals surface area contributed by atoms with Crippen LogP contribution in [0.15, 0.2) is 16.6 Å². The fourth-order valence-corrected chi connectivity index (χ4v) is 1.89. The summed E-state index contributed by atoms with van der Waals surface area (Å²) in [5.74, 6) is -1.01. The molecule has 0 aliphatic heterocycles. The van der Waals surface area contributed by atoms with E-state index < -0.39 is 30.1 Å². The van der Waals surface area contributed by atoms with E-state index in [1.165, 1.54) is 0 Å². The number of carbonyl (C=O) groups excluding carboxylic acids is 1. The van der Waals surface area contributed by atoms with Gasteiger partial charge in [-0.25, -0.2) is 8.78 Å². The molecule has 0 unspecified atom stereocenters. The molecule has 0 saturated carbocycles. The van der Waals surface area contributed by atoms with Crippen molar-refractivity contribution in [3.8, 4) is 5.75 Å². The minimum atomic E-state index is -3.12. The van der Waals surface area contributed by atoms with E-state index in [4.69, 9.17) is 0 Å². The zero-order valence-corrected chi connectivity index (χ0v) is 10.1. The van der Waals surface area contributed by atoms with E-state index in [1.807, 2.05) is 0 Å². The molecule has 0 N–H and O–H groups in total. The summed E-state index contributed by atoms with van der Waals surface area (Å²) in [6, 6.07) is 2.07. The van der Waals surface area contributed by atoms with Gasteiger partial charge in [-0.3, -0.25) is 4.79 Å². The molecule has 0 fully saturated rings. The zero-order valence-electron chi connectivity index (χ0n) is 8.52. The van der Waals surface area contributed by atoms with Gasteiger partial charge < -0.3 is 4.74 Å². The Labute approximate surface area is 103 Å². The summed E-state index contributed by atoms with van der Waals surface area (Å²) >= 11 is 2.74. The average molecular weight is 315 g/mol. The second-order valence-corrected chi connectivity index (χ2v) is 3.87. The molecule has 1 rings (SSSR count). The van der Waals surface area contributed by atoms with Crippen LogP contribution in [-0.4, -0.2) is 12.4 Å². The van der Waals surface area contributed by atoms with Gasteiger partial charge in [0.15, 0.2) is 5.78 Å². The first-order valence-electron chi connectivity index (χ1n) is 4.41. The molecule has 0 atom stereocenters. The fraction of sp³-hybridized carbons (Fsp3) is 0.300. The number of rotatable bonds is 4. The van der Waals surface area contributed by atoms with Crippen LogP contribution in [0.2, 0.25) is 0 Å². The van der Waals surface area contributed by atoms with Crippen molar-refractivity contribution in [2.75, 3.05) is 0 Å². The number of hydrogen-bond acceptors (Lipinski definition) is 2. The standard InChI is InChI=1S/C10H7BrF4O2/c1-4(16)5-2-3-6(17-10(14)15)8(11)7(5)9(12)13/h2-3,9-10H,1H3. The van der Waals surface area contributed by atoms with Crippen molar-refractivity contribution in [2.24, 2.45) is 0 Å². The Morgan fingerprint density at radius 1 is 1.29 bits per heavy atom.